The molecule has 0 aromatic rings. The van der Waals surface area contributed by atoms with Crippen LogP contribution in [0.1, 0.15) is 0 Å². The molecule has 0 spiro atoms. The van der Waals surface area contributed by atoms with Gasteiger partial charge in [0.2, 0.25) is 0 Å². The molecule has 0 aromatic carbocycles. The molecule has 0 atom stereocenters. The summed E-state index contributed by atoms with van der Waals surface area (Å²) < 4.78 is 0.472. The Bertz CT molecular complexity index is 66.7. The molecule has 0 saturated carbocycles. The van der Waals surface area contributed by atoms with Crippen molar-refractivity contribution in [2.75, 3.05) is 0 Å². The van der Waals surface area contributed by atoms with E-state index in [1.807, 2.05) is 0 Å². The Balaban J connectivity index is 0. The van der Waals surface area contributed by atoms with Crippen LogP contribution in [0.2, 0.25) is 0 Å². The van der Waals surface area contributed by atoms with Crippen LogP contribution in [-0.2, 0) is 0 Å². The number of rotatable bonds is 0. The molecule has 0 aromatic heterocycles. The first-order chi connectivity index (χ1) is 2.64. The number of hydrogen-bond acceptors (Lipinski definition) is 3. The average Bonchev–Trinajstić information content (AvgIpc) is 1.36. The zero-order valence-corrected chi connectivity index (χ0v) is 9.23. The van der Waals surface area contributed by atoms with E-state index < -0.39 is 6.09 Å². The molecule has 0 fully saturated rings. The van der Waals surface area contributed by atoms with Crippen molar-refractivity contribution in [1.82, 2.24) is 3.71 Å². The molecule has 0 heterocycles. The predicted octanol–water partition coefficient (Wildman–Crippen LogP) is -0.528. The molecule has 0 aliphatic rings. The van der Waals surface area contributed by atoms with Gasteiger partial charge in [0.15, 0.2) is 0 Å². The Morgan fingerprint density at radius 3 is 1.71 bits per heavy atom. The standard InChI is InChI=1S/CH3NO2S2.Sb.3H/c3-1(4)2(5)6;;;;/h5-6H,(H,3,4);;;;. The first-order valence-corrected chi connectivity index (χ1v) is 1.85. The van der Waals surface area contributed by atoms with Crippen molar-refractivity contribution in [2.24, 2.45) is 0 Å². The SMILES string of the molecule is O=C(O)N(S)S.[SbH3]. The van der Waals surface area contributed by atoms with Crippen molar-refractivity contribution in [3.8, 4) is 0 Å². The molecule has 3 nitrogen and oxygen atoms in total. The van der Waals surface area contributed by atoms with E-state index in [1.165, 1.54) is 0 Å². The molecule has 6 heteroatoms. The van der Waals surface area contributed by atoms with Gasteiger partial charge in [-0.05, 0) is 25.6 Å². The fourth-order valence-electron chi connectivity index (χ4n) is 0. The second-order valence-corrected chi connectivity index (χ2v) is 1.69. The molecule has 0 rings (SSSR count). The third-order valence-electron chi connectivity index (χ3n) is 0.171. The zero-order chi connectivity index (χ0) is 5.15. The topological polar surface area (TPSA) is 40.5 Å². The third kappa shape index (κ3) is 6.79. The summed E-state index contributed by atoms with van der Waals surface area (Å²) in [5, 5.41) is 7.76. The van der Waals surface area contributed by atoms with Crippen molar-refractivity contribution in [1.29, 1.82) is 0 Å². The molecule has 0 bridgehead atoms. The van der Waals surface area contributed by atoms with Crippen LogP contribution >= 0.6 is 25.6 Å². The molecule has 0 aliphatic carbocycles. The Morgan fingerprint density at radius 1 is 1.57 bits per heavy atom. The molecular weight excluding hydrogens is 244 g/mol. The third-order valence-corrected chi connectivity index (χ3v) is 0.513. The summed E-state index contributed by atoms with van der Waals surface area (Å²) in [6, 6.07) is 0. The van der Waals surface area contributed by atoms with Crippen LogP contribution in [0.4, 0.5) is 4.79 Å². The van der Waals surface area contributed by atoms with E-state index in [1.54, 1.807) is 0 Å². The number of thiol groups is 2. The van der Waals surface area contributed by atoms with Gasteiger partial charge >= 0.3 is 30.5 Å². The number of nitrogens with zero attached hydrogens (tertiary/aromatic N) is 1. The van der Waals surface area contributed by atoms with E-state index in [4.69, 9.17) is 5.11 Å². The number of hydrogen-bond donors (Lipinski definition) is 3. The van der Waals surface area contributed by atoms with E-state index in [2.05, 4.69) is 25.6 Å². The second-order valence-electron chi connectivity index (χ2n) is 0.572. The van der Waals surface area contributed by atoms with Crippen molar-refractivity contribution in [3.63, 3.8) is 0 Å². The minimum atomic E-state index is -1.18. The van der Waals surface area contributed by atoms with Crippen molar-refractivity contribution in [3.05, 3.63) is 0 Å². The monoisotopic (exact) mass is 249 g/mol. The maximum atomic E-state index is 9.47. The van der Waals surface area contributed by atoms with Gasteiger partial charge in [-0.2, -0.15) is 3.71 Å². The van der Waals surface area contributed by atoms with Crippen LogP contribution in [-0.4, -0.2) is 39.3 Å². The van der Waals surface area contributed by atoms with E-state index in [9.17, 15) is 4.79 Å². The number of carbonyl (C=O) groups is 1. The van der Waals surface area contributed by atoms with Gasteiger partial charge in [-0.25, -0.2) is 4.79 Å². The predicted molar refractivity (Wildman–Crippen MR) is 37.8 cm³/mol. The van der Waals surface area contributed by atoms with Gasteiger partial charge in [0.25, 0.3) is 0 Å². The maximum absolute atomic E-state index is 9.47. The fraction of sp³-hybridized carbons (Fsp3) is 0. The van der Waals surface area contributed by atoms with Gasteiger partial charge in [0, 0.05) is 0 Å². The summed E-state index contributed by atoms with van der Waals surface area (Å²) in [5.41, 5.74) is 0. The molecule has 0 radical (unpaired) electrons. The van der Waals surface area contributed by atoms with Crippen LogP contribution in [0.3, 0.4) is 0 Å². The molecule has 0 aliphatic heterocycles. The van der Waals surface area contributed by atoms with E-state index in [0.29, 0.717) is 3.71 Å². The van der Waals surface area contributed by atoms with E-state index in [-0.39, 0.29) is 24.4 Å². The van der Waals surface area contributed by atoms with Crippen LogP contribution < -0.4 is 0 Å². The molecule has 1 N–H and O–H groups in total. The van der Waals surface area contributed by atoms with E-state index in [0.717, 1.165) is 0 Å². The van der Waals surface area contributed by atoms with Crippen LogP contribution in [0.15, 0.2) is 0 Å². The van der Waals surface area contributed by atoms with Crippen LogP contribution in [0, 0.1) is 0 Å². The average molecular weight is 250 g/mol. The Kier molecular flexibility index (Phi) is 7.55. The first kappa shape index (κ1) is 10.7. The minimum absolute atomic E-state index is 0. The molecule has 44 valence electrons. The molecule has 0 unspecified atom stereocenters. The van der Waals surface area contributed by atoms with Crippen LogP contribution in [0.5, 0.6) is 0 Å². The quantitative estimate of drug-likeness (QED) is 0.399. The van der Waals surface area contributed by atoms with Gasteiger partial charge in [-0.15, -0.1) is 0 Å². The molecule has 7 heavy (non-hydrogen) atoms. The Labute approximate surface area is 69.6 Å². The summed E-state index contributed by atoms with van der Waals surface area (Å²) >= 11 is 6.58. The van der Waals surface area contributed by atoms with Crippen molar-refractivity contribution in [2.45, 2.75) is 0 Å². The van der Waals surface area contributed by atoms with Gasteiger partial charge in [-0.3, -0.25) is 0 Å². The fourth-order valence-corrected chi connectivity index (χ4v) is 0. The molecule has 1 amide bonds. The number of carboxylic acid groups (broad SMARTS) is 1. The Hall–Kier alpha value is 0.788. The first-order valence-electron chi connectivity index (χ1n) is 1.05. The summed E-state index contributed by atoms with van der Waals surface area (Å²) in [6.45, 7) is 0. The van der Waals surface area contributed by atoms with Crippen LogP contribution in [0.25, 0.3) is 0 Å². The summed E-state index contributed by atoms with van der Waals surface area (Å²) in [4.78, 5) is 9.47. The van der Waals surface area contributed by atoms with Crippen molar-refractivity contribution < 1.29 is 9.90 Å². The van der Waals surface area contributed by atoms with Gasteiger partial charge in [-0.1, -0.05) is 0 Å². The summed E-state index contributed by atoms with van der Waals surface area (Å²) in [5.74, 6) is 0. The summed E-state index contributed by atoms with van der Waals surface area (Å²) in [6.07, 6.45) is -1.18. The Morgan fingerprint density at radius 2 is 1.71 bits per heavy atom. The number of amides is 1. The molecular formula is CH6NO2S2Sb. The summed E-state index contributed by atoms with van der Waals surface area (Å²) in [7, 11) is 0. The normalized spacial score (nSPS) is 6.57. The van der Waals surface area contributed by atoms with Gasteiger partial charge < -0.3 is 5.11 Å². The van der Waals surface area contributed by atoms with Gasteiger partial charge in [0.05, 0.1) is 0 Å². The van der Waals surface area contributed by atoms with Gasteiger partial charge in [0.1, 0.15) is 0 Å². The van der Waals surface area contributed by atoms with E-state index >= 15 is 0 Å². The molecule has 0 saturated heterocycles. The second kappa shape index (κ2) is 4.94. The zero-order valence-electron chi connectivity index (χ0n) is 3.40. The van der Waals surface area contributed by atoms with Crippen molar-refractivity contribution >= 4 is 56.2 Å².